The van der Waals surface area contributed by atoms with Gasteiger partial charge >= 0.3 is 0 Å². The minimum Gasteiger partial charge on any atom is -0.355 e. The molecule has 0 spiro atoms. The number of anilines is 1. The van der Waals surface area contributed by atoms with E-state index < -0.39 is 0 Å². The molecule has 1 amide bonds. The number of hydrogen-bond acceptors (Lipinski definition) is 4. The van der Waals surface area contributed by atoms with Gasteiger partial charge in [-0.15, -0.1) is 0 Å². The average Bonchev–Trinajstić information content (AvgIpc) is 2.70. The normalized spacial score (nSPS) is 11.6. The summed E-state index contributed by atoms with van der Waals surface area (Å²) in [5.74, 6) is 0.339. The van der Waals surface area contributed by atoms with Crippen LogP contribution in [0.25, 0.3) is 0 Å². The van der Waals surface area contributed by atoms with Crippen LogP contribution < -0.4 is 10.6 Å². The summed E-state index contributed by atoms with van der Waals surface area (Å²) in [6.45, 7) is 2.71. The van der Waals surface area contributed by atoms with E-state index in [1.54, 1.807) is 12.4 Å². The Hall–Kier alpha value is -3.21. The summed E-state index contributed by atoms with van der Waals surface area (Å²) in [6.07, 6.45) is 3.81. The van der Waals surface area contributed by atoms with Crippen LogP contribution >= 0.6 is 0 Å². The highest BCUT2D eigenvalue weighted by Gasteiger charge is 2.17. The second-order valence-corrected chi connectivity index (χ2v) is 5.95. The molecule has 1 aromatic heterocycles. The molecule has 1 heterocycles. The van der Waals surface area contributed by atoms with Crippen LogP contribution in [-0.2, 0) is 6.42 Å². The van der Waals surface area contributed by atoms with Gasteiger partial charge < -0.3 is 10.6 Å². The van der Waals surface area contributed by atoms with Crippen molar-refractivity contribution in [3.63, 3.8) is 0 Å². The average molecular weight is 346 g/mol. The van der Waals surface area contributed by atoms with E-state index >= 15 is 0 Å². The van der Waals surface area contributed by atoms with Gasteiger partial charge in [-0.05, 0) is 24.5 Å². The lowest BCUT2D eigenvalue weighted by molar-refractivity contribution is 0.0936. The monoisotopic (exact) mass is 346 g/mol. The Morgan fingerprint density at radius 2 is 1.58 bits per heavy atom. The van der Waals surface area contributed by atoms with E-state index in [1.807, 2.05) is 55.5 Å². The van der Waals surface area contributed by atoms with Crippen LogP contribution in [0.2, 0.25) is 0 Å². The smallest absolute Gasteiger partial charge is 0.254 e. The predicted molar refractivity (Wildman–Crippen MR) is 103 cm³/mol. The van der Waals surface area contributed by atoms with Crippen molar-refractivity contribution in [2.75, 3.05) is 11.9 Å². The van der Waals surface area contributed by atoms with E-state index in [2.05, 4.69) is 32.7 Å². The third-order valence-corrected chi connectivity index (χ3v) is 4.04. The van der Waals surface area contributed by atoms with Crippen molar-refractivity contribution in [1.82, 2.24) is 15.3 Å². The van der Waals surface area contributed by atoms with Gasteiger partial charge in [0.1, 0.15) is 0 Å². The summed E-state index contributed by atoms with van der Waals surface area (Å²) < 4.78 is 0. The first kappa shape index (κ1) is 17.6. The van der Waals surface area contributed by atoms with Crippen LogP contribution in [0.15, 0.2) is 73.1 Å². The number of nitrogens with one attached hydrogen (secondary N) is 2. The molecule has 0 saturated carbocycles. The largest absolute Gasteiger partial charge is 0.355 e. The fourth-order valence-corrected chi connectivity index (χ4v) is 2.72. The highest BCUT2D eigenvalue weighted by atomic mass is 16.1. The third-order valence-electron chi connectivity index (χ3n) is 4.04. The predicted octanol–water partition coefficient (Wildman–Crippen LogP) is 3.62. The summed E-state index contributed by atoms with van der Waals surface area (Å²) >= 11 is 0. The molecule has 0 radical (unpaired) electrons. The van der Waals surface area contributed by atoms with Gasteiger partial charge in [0, 0.05) is 18.9 Å². The first-order chi connectivity index (χ1) is 12.8. The Morgan fingerprint density at radius 3 is 2.19 bits per heavy atom. The lowest BCUT2D eigenvalue weighted by atomic mass is 9.98. The molecule has 0 aliphatic carbocycles. The molecule has 0 saturated heterocycles. The van der Waals surface area contributed by atoms with E-state index in [4.69, 9.17) is 0 Å². The summed E-state index contributed by atoms with van der Waals surface area (Å²) in [4.78, 5) is 21.0. The number of amides is 1. The number of aromatic nitrogens is 2. The maximum absolute atomic E-state index is 12.7. The molecule has 3 aromatic rings. The Bertz CT molecular complexity index is 820. The fraction of sp³-hybridized carbons (Fsp3) is 0.190. The molecule has 2 aromatic carbocycles. The van der Waals surface area contributed by atoms with Crippen LogP contribution in [0.5, 0.6) is 0 Å². The van der Waals surface area contributed by atoms with Gasteiger partial charge in [0.2, 0.25) is 5.95 Å². The molecule has 1 atom stereocenters. The first-order valence-electron chi connectivity index (χ1n) is 8.72. The summed E-state index contributed by atoms with van der Waals surface area (Å²) in [5.41, 5.74) is 2.68. The van der Waals surface area contributed by atoms with E-state index in [1.165, 1.54) is 5.56 Å². The first-order valence-corrected chi connectivity index (χ1v) is 8.72. The van der Waals surface area contributed by atoms with E-state index in [-0.39, 0.29) is 11.9 Å². The van der Waals surface area contributed by atoms with Gasteiger partial charge in [0.25, 0.3) is 5.91 Å². The molecule has 3 rings (SSSR count). The third kappa shape index (κ3) is 4.66. The number of hydrogen-bond donors (Lipinski definition) is 2. The molecule has 5 heteroatoms. The zero-order valence-corrected chi connectivity index (χ0v) is 14.7. The van der Waals surface area contributed by atoms with Crippen molar-refractivity contribution in [3.8, 4) is 0 Å². The van der Waals surface area contributed by atoms with Gasteiger partial charge in [-0.3, -0.25) is 4.79 Å². The van der Waals surface area contributed by atoms with Gasteiger partial charge in [-0.25, -0.2) is 9.97 Å². The number of carbonyl (C=O) groups is 1. The van der Waals surface area contributed by atoms with Crippen molar-refractivity contribution >= 4 is 11.9 Å². The van der Waals surface area contributed by atoms with Crippen LogP contribution in [0.3, 0.4) is 0 Å². The number of carbonyl (C=O) groups excluding carboxylic acids is 1. The lowest BCUT2D eigenvalue weighted by Gasteiger charge is -2.19. The van der Waals surface area contributed by atoms with Crippen molar-refractivity contribution in [3.05, 3.63) is 89.7 Å². The van der Waals surface area contributed by atoms with Crippen molar-refractivity contribution in [1.29, 1.82) is 0 Å². The molecule has 132 valence electrons. The van der Waals surface area contributed by atoms with E-state index in [0.717, 1.165) is 12.1 Å². The minimum absolute atomic E-state index is 0.125. The van der Waals surface area contributed by atoms with Gasteiger partial charge in [-0.1, -0.05) is 60.7 Å². The van der Waals surface area contributed by atoms with E-state index in [0.29, 0.717) is 17.9 Å². The molecule has 26 heavy (non-hydrogen) atoms. The Kier molecular flexibility index (Phi) is 5.93. The minimum atomic E-state index is -0.183. The quantitative estimate of drug-likeness (QED) is 0.686. The maximum atomic E-state index is 12.7. The topological polar surface area (TPSA) is 66.9 Å². The number of nitrogens with zero attached hydrogens (tertiary/aromatic N) is 2. The molecule has 0 bridgehead atoms. The Balaban J connectivity index is 1.77. The number of rotatable bonds is 7. The highest BCUT2D eigenvalue weighted by molar-refractivity contribution is 5.94. The highest BCUT2D eigenvalue weighted by Crippen LogP contribution is 2.19. The molecule has 0 aliphatic heterocycles. The number of benzene rings is 2. The fourth-order valence-electron chi connectivity index (χ4n) is 2.72. The second kappa shape index (κ2) is 8.76. The van der Waals surface area contributed by atoms with Gasteiger partial charge in [0.15, 0.2) is 0 Å². The molecule has 2 N–H and O–H groups in total. The summed E-state index contributed by atoms with van der Waals surface area (Å²) in [5, 5.41) is 6.13. The molecule has 0 fully saturated rings. The van der Waals surface area contributed by atoms with Crippen molar-refractivity contribution < 1.29 is 4.79 Å². The SMILES string of the molecule is CCNc1ncc(C(=O)NC(Cc2ccccc2)c2ccccc2)cn1. The van der Waals surface area contributed by atoms with Crippen LogP contribution in [0, 0.1) is 0 Å². The van der Waals surface area contributed by atoms with Gasteiger partial charge in [-0.2, -0.15) is 0 Å². The molecule has 1 unspecified atom stereocenters. The molecule has 0 aliphatic rings. The van der Waals surface area contributed by atoms with Crippen molar-refractivity contribution in [2.24, 2.45) is 0 Å². The van der Waals surface area contributed by atoms with Crippen LogP contribution in [0.4, 0.5) is 5.95 Å². The molecular weight excluding hydrogens is 324 g/mol. The van der Waals surface area contributed by atoms with Crippen LogP contribution in [-0.4, -0.2) is 22.4 Å². The zero-order chi connectivity index (χ0) is 18.2. The zero-order valence-electron chi connectivity index (χ0n) is 14.7. The standard InChI is InChI=1S/C21H22N4O/c1-2-22-21-23-14-18(15-24-21)20(26)25-19(17-11-7-4-8-12-17)13-16-9-5-3-6-10-16/h3-12,14-15,19H,2,13H2,1H3,(H,25,26)(H,22,23,24). The lowest BCUT2D eigenvalue weighted by Crippen LogP contribution is -2.30. The van der Waals surface area contributed by atoms with Gasteiger partial charge in [0.05, 0.1) is 11.6 Å². The second-order valence-electron chi connectivity index (χ2n) is 5.95. The Morgan fingerprint density at radius 1 is 0.962 bits per heavy atom. The van der Waals surface area contributed by atoms with Crippen LogP contribution in [0.1, 0.15) is 34.5 Å². The van der Waals surface area contributed by atoms with E-state index in [9.17, 15) is 4.79 Å². The molecule has 5 nitrogen and oxygen atoms in total. The Labute approximate surface area is 153 Å². The summed E-state index contributed by atoms with van der Waals surface area (Å²) in [7, 11) is 0. The maximum Gasteiger partial charge on any atom is 0.254 e. The summed E-state index contributed by atoms with van der Waals surface area (Å²) in [6, 6.07) is 20.0. The van der Waals surface area contributed by atoms with Crippen molar-refractivity contribution in [2.45, 2.75) is 19.4 Å². The molecular formula is C21H22N4O.